The topological polar surface area (TPSA) is 88.0 Å². The molecule has 0 unspecified atom stereocenters. The van der Waals surface area contributed by atoms with Crippen LogP contribution in [-0.2, 0) is 0 Å². The first-order chi connectivity index (χ1) is 9.72. The lowest BCUT2D eigenvalue weighted by Crippen LogP contribution is -2.22. The van der Waals surface area contributed by atoms with E-state index in [1.54, 1.807) is 24.3 Å². The van der Waals surface area contributed by atoms with Gasteiger partial charge in [-0.3, -0.25) is 9.59 Å². The van der Waals surface area contributed by atoms with Gasteiger partial charge < -0.3 is 16.0 Å². The highest BCUT2D eigenvalue weighted by atomic mass is 16.2. The second-order valence-electron chi connectivity index (χ2n) is 3.92. The number of carbonyl (C=O) groups is 1. The Labute approximate surface area is 115 Å². The molecule has 0 saturated heterocycles. The smallest absolute Gasteiger partial charge is 0.261 e. The number of nitrogens with one attached hydrogen (secondary N) is 2. The van der Waals surface area contributed by atoms with Gasteiger partial charge in [-0.15, -0.1) is 0 Å². The number of nitrogens with two attached hydrogens (primary N) is 1. The number of hydrogen-bond donors (Lipinski definition) is 3. The second-order valence-corrected chi connectivity index (χ2v) is 3.92. The quantitative estimate of drug-likeness (QED) is 0.707. The van der Waals surface area contributed by atoms with E-state index in [1.807, 2.05) is 6.07 Å². The number of hydrogen-bond acceptors (Lipinski definition) is 3. The Bertz CT molecular complexity index is 738. The van der Waals surface area contributed by atoms with Crippen molar-refractivity contribution in [3.8, 4) is 11.8 Å². The molecule has 1 aromatic carbocycles. The maximum atomic E-state index is 12.1. The maximum Gasteiger partial charge on any atom is 0.261 e. The largest absolute Gasteiger partial charge is 0.328 e. The summed E-state index contributed by atoms with van der Waals surface area (Å²) in [6.07, 6.45) is 1.47. The number of H-pyrrole nitrogens is 1. The Balaban J connectivity index is 2.29. The van der Waals surface area contributed by atoms with Gasteiger partial charge in [0, 0.05) is 11.8 Å². The van der Waals surface area contributed by atoms with Crippen LogP contribution in [0.3, 0.4) is 0 Å². The molecule has 4 N–H and O–H groups in total. The summed E-state index contributed by atoms with van der Waals surface area (Å²) in [6, 6.07) is 10.1. The number of carbonyl (C=O) groups excluding carboxylic acids is 1. The van der Waals surface area contributed by atoms with E-state index in [1.165, 1.54) is 12.3 Å². The number of para-hydroxylation sites is 1. The van der Waals surface area contributed by atoms with Crippen molar-refractivity contribution in [1.82, 2.24) is 4.98 Å². The van der Waals surface area contributed by atoms with E-state index in [0.717, 1.165) is 0 Å². The van der Waals surface area contributed by atoms with Gasteiger partial charge in [-0.2, -0.15) is 0 Å². The molecular formula is C15H13N3O2. The molecule has 2 aromatic rings. The van der Waals surface area contributed by atoms with Crippen LogP contribution in [0.25, 0.3) is 0 Å². The highest BCUT2D eigenvalue weighted by Gasteiger charge is 2.11. The number of aromatic amines is 1. The minimum absolute atomic E-state index is 0.0501. The molecule has 0 aliphatic rings. The van der Waals surface area contributed by atoms with Crippen LogP contribution in [0.5, 0.6) is 0 Å². The van der Waals surface area contributed by atoms with E-state index >= 15 is 0 Å². The Hall–Kier alpha value is -2.84. The molecule has 5 nitrogen and oxygen atoms in total. The van der Waals surface area contributed by atoms with Crippen LogP contribution in [0.15, 0.2) is 47.4 Å². The predicted molar refractivity (Wildman–Crippen MR) is 77.4 cm³/mol. The average molecular weight is 267 g/mol. The molecule has 0 aliphatic carbocycles. The van der Waals surface area contributed by atoms with E-state index in [4.69, 9.17) is 5.73 Å². The lowest BCUT2D eigenvalue weighted by molar-refractivity contribution is 0.102. The minimum atomic E-state index is -0.478. The lowest BCUT2D eigenvalue weighted by Gasteiger charge is -2.06. The highest BCUT2D eigenvalue weighted by molar-refractivity contribution is 6.04. The SMILES string of the molecule is NCC#Cc1ccccc1NC(=O)c1ccc[nH]c1=O. The number of benzene rings is 1. The fourth-order valence-corrected chi connectivity index (χ4v) is 1.64. The number of aromatic nitrogens is 1. The van der Waals surface area contributed by atoms with Gasteiger partial charge in [0.1, 0.15) is 5.56 Å². The fourth-order valence-electron chi connectivity index (χ4n) is 1.64. The average Bonchev–Trinajstić information content (AvgIpc) is 2.46. The Morgan fingerprint density at radius 2 is 2.05 bits per heavy atom. The van der Waals surface area contributed by atoms with Crippen molar-refractivity contribution in [2.75, 3.05) is 11.9 Å². The van der Waals surface area contributed by atoms with Gasteiger partial charge in [0.05, 0.1) is 12.2 Å². The molecule has 0 atom stereocenters. The van der Waals surface area contributed by atoms with Gasteiger partial charge in [0.25, 0.3) is 11.5 Å². The molecule has 2 rings (SSSR count). The Kier molecular flexibility index (Phi) is 4.32. The van der Waals surface area contributed by atoms with Crippen LogP contribution in [0.2, 0.25) is 0 Å². The summed E-state index contributed by atoms with van der Waals surface area (Å²) in [4.78, 5) is 26.1. The van der Waals surface area contributed by atoms with Crippen LogP contribution in [-0.4, -0.2) is 17.4 Å². The summed E-state index contributed by atoms with van der Waals surface area (Å²) in [6.45, 7) is 0.237. The molecule has 1 amide bonds. The summed E-state index contributed by atoms with van der Waals surface area (Å²) in [5.74, 6) is 5.12. The zero-order chi connectivity index (χ0) is 14.4. The molecule has 0 saturated carbocycles. The number of rotatable bonds is 2. The van der Waals surface area contributed by atoms with Gasteiger partial charge in [-0.25, -0.2) is 0 Å². The van der Waals surface area contributed by atoms with Crippen LogP contribution >= 0.6 is 0 Å². The molecule has 0 bridgehead atoms. The molecule has 1 heterocycles. The van der Waals surface area contributed by atoms with Crippen molar-refractivity contribution >= 4 is 11.6 Å². The fraction of sp³-hybridized carbons (Fsp3) is 0.0667. The van der Waals surface area contributed by atoms with Crippen molar-refractivity contribution in [2.24, 2.45) is 5.73 Å². The lowest BCUT2D eigenvalue weighted by atomic mass is 10.1. The molecule has 0 radical (unpaired) electrons. The number of amides is 1. The standard InChI is InChI=1S/C15H13N3O2/c16-9-3-6-11-5-1-2-8-13(11)18-15(20)12-7-4-10-17-14(12)19/h1-2,4-5,7-8,10H,9,16H2,(H,17,19)(H,18,20). The zero-order valence-corrected chi connectivity index (χ0v) is 10.6. The van der Waals surface area contributed by atoms with Gasteiger partial charge in [-0.05, 0) is 24.3 Å². The molecular weight excluding hydrogens is 254 g/mol. The van der Waals surface area contributed by atoms with E-state index in [0.29, 0.717) is 11.3 Å². The third-order valence-corrected chi connectivity index (χ3v) is 2.56. The van der Waals surface area contributed by atoms with Crippen LogP contribution in [0.4, 0.5) is 5.69 Å². The monoisotopic (exact) mass is 267 g/mol. The van der Waals surface area contributed by atoms with Crippen LogP contribution < -0.4 is 16.6 Å². The summed E-state index contributed by atoms with van der Waals surface area (Å²) in [5.41, 5.74) is 6.14. The summed E-state index contributed by atoms with van der Waals surface area (Å²) < 4.78 is 0. The molecule has 0 spiro atoms. The van der Waals surface area contributed by atoms with Gasteiger partial charge in [0.2, 0.25) is 0 Å². The van der Waals surface area contributed by atoms with Gasteiger partial charge >= 0.3 is 0 Å². The Morgan fingerprint density at radius 3 is 2.80 bits per heavy atom. The molecule has 20 heavy (non-hydrogen) atoms. The first kappa shape index (κ1) is 13.6. The number of anilines is 1. The maximum absolute atomic E-state index is 12.1. The second kappa shape index (κ2) is 6.36. The van der Waals surface area contributed by atoms with E-state index in [2.05, 4.69) is 22.1 Å². The first-order valence-electron chi connectivity index (χ1n) is 5.99. The van der Waals surface area contributed by atoms with E-state index < -0.39 is 11.5 Å². The summed E-state index contributed by atoms with van der Waals surface area (Å²) in [5, 5.41) is 2.67. The highest BCUT2D eigenvalue weighted by Crippen LogP contribution is 2.14. The third-order valence-electron chi connectivity index (χ3n) is 2.56. The van der Waals surface area contributed by atoms with E-state index in [-0.39, 0.29) is 12.1 Å². The normalized spacial score (nSPS) is 9.45. The molecule has 1 aromatic heterocycles. The van der Waals surface area contributed by atoms with Crippen molar-refractivity contribution in [2.45, 2.75) is 0 Å². The van der Waals surface area contributed by atoms with Gasteiger partial charge in [-0.1, -0.05) is 24.0 Å². The van der Waals surface area contributed by atoms with E-state index in [9.17, 15) is 9.59 Å². The summed E-state index contributed by atoms with van der Waals surface area (Å²) in [7, 11) is 0. The molecule has 0 aliphatic heterocycles. The zero-order valence-electron chi connectivity index (χ0n) is 10.6. The molecule has 100 valence electrons. The number of pyridine rings is 1. The molecule has 0 fully saturated rings. The Morgan fingerprint density at radius 1 is 1.25 bits per heavy atom. The van der Waals surface area contributed by atoms with Crippen molar-refractivity contribution in [1.29, 1.82) is 0 Å². The minimum Gasteiger partial charge on any atom is -0.328 e. The molecule has 5 heteroatoms. The van der Waals surface area contributed by atoms with Crippen molar-refractivity contribution < 1.29 is 4.79 Å². The van der Waals surface area contributed by atoms with Gasteiger partial charge in [0.15, 0.2) is 0 Å². The van der Waals surface area contributed by atoms with Crippen LogP contribution in [0.1, 0.15) is 15.9 Å². The first-order valence-corrected chi connectivity index (χ1v) is 5.99. The van der Waals surface area contributed by atoms with Crippen molar-refractivity contribution in [3.05, 3.63) is 64.1 Å². The third kappa shape index (κ3) is 3.13. The summed E-state index contributed by atoms with van der Waals surface area (Å²) >= 11 is 0. The van der Waals surface area contributed by atoms with Crippen LogP contribution in [0, 0.1) is 11.8 Å². The predicted octanol–water partition coefficient (Wildman–Crippen LogP) is 0.937. The van der Waals surface area contributed by atoms with Crippen molar-refractivity contribution in [3.63, 3.8) is 0 Å².